The van der Waals surface area contributed by atoms with Gasteiger partial charge in [-0.15, -0.1) is 10.2 Å². The van der Waals surface area contributed by atoms with E-state index in [0.29, 0.717) is 18.7 Å². The summed E-state index contributed by atoms with van der Waals surface area (Å²) in [5, 5.41) is 10.4. The molecule has 1 aromatic heterocycles. The Labute approximate surface area is 145 Å². The number of nitrogens with zero attached hydrogens (tertiary/aromatic N) is 3. The Hall–Kier alpha value is -2.26. The molecule has 25 heavy (non-hydrogen) atoms. The van der Waals surface area contributed by atoms with Gasteiger partial charge in [-0.1, -0.05) is 0 Å². The molecule has 0 unspecified atom stereocenters. The van der Waals surface area contributed by atoms with Crippen LogP contribution >= 0.6 is 0 Å². The maximum Gasteiger partial charge on any atom is 0.309 e. The molecule has 0 atom stereocenters. The van der Waals surface area contributed by atoms with Crippen LogP contribution in [0, 0.1) is 0 Å². The van der Waals surface area contributed by atoms with E-state index in [1.54, 1.807) is 12.1 Å². The highest BCUT2D eigenvalue weighted by atomic mass is 32.2. The van der Waals surface area contributed by atoms with E-state index in [-0.39, 0.29) is 28.6 Å². The zero-order valence-electron chi connectivity index (χ0n) is 13.5. The van der Waals surface area contributed by atoms with Crippen LogP contribution in [-0.2, 0) is 10.0 Å². The van der Waals surface area contributed by atoms with Gasteiger partial charge < -0.3 is 9.73 Å². The van der Waals surface area contributed by atoms with Gasteiger partial charge in [0.25, 0.3) is 0 Å². The molecule has 9 heteroatoms. The highest BCUT2D eigenvalue weighted by Gasteiger charge is 2.28. The fraction of sp³-hybridized carbons (Fsp3) is 0.438. The molecule has 1 saturated heterocycles. The molecule has 1 amide bonds. The Morgan fingerprint density at radius 1 is 1.12 bits per heavy atom. The van der Waals surface area contributed by atoms with Crippen molar-refractivity contribution in [1.29, 1.82) is 0 Å². The minimum atomic E-state index is -3.45. The summed E-state index contributed by atoms with van der Waals surface area (Å²) >= 11 is 0. The summed E-state index contributed by atoms with van der Waals surface area (Å²) in [5.41, 5.74) is 0.568. The molecule has 1 N–H and O–H groups in total. The van der Waals surface area contributed by atoms with Crippen LogP contribution in [0.15, 0.2) is 33.6 Å². The van der Waals surface area contributed by atoms with Crippen molar-refractivity contribution in [3.05, 3.63) is 30.2 Å². The van der Waals surface area contributed by atoms with Gasteiger partial charge in [0.15, 0.2) is 0 Å². The lowest BCUT2D eigenvalue weighted by molar-refractivity contribution is 0.0917. The molecule has 0 bridgehead atoms. The average molecular weight is 362 g/mol. The van der Waals surface area contributed by atoms with E-state index in [4.69, 9.17) is 4.42 Å². The first-order valence-electron chi connectivity index (χ1n) is 8.29. The van der Waals surface area contributed by atoms with Crippen molar-refractivity contribution in [2.45, 2.75) is 36.6 Å². The van der Waals surface area contributed by atoms with Gasteiger partial charge in [-0.3, -0.25) is 4.79 Å². The molecule has 2 heterocycles. The van der Waals surface area contributed by atoms with E-state index in [9.17, 15) is 13.2 Å². The van der Waals surface area contributed by atoms with E-state index in [0.717, 1.165) is 25.7 Å². The van der Waals surface area contributed by atoms with Crippen molar-refractivity contribution in [3.8, 4) is 11.5 Å². The maximum absolute atomic E-state index is 12.5. The molecular formula is C16H18N4O4S. The third-order valence-corrected chi connectivity index (χ3v) is 6.25. The monoisotopic (exact) mass is 362 g/mol. The van der Waals surface area contributed by atoms with Gasteiger partial charge in [0.05, 0.1) is 4.90 Å². The van der Waals surface area contributed by atoms with E-state index in [2.05, 4.69) is 15.5 Å². The summed E-state index contributed by atoms with van der Waals surface area (Å²) in [7, 11) is -3.45. The lowest BCUT2D eigenvalue weighted by Crippen LogP contribution is -2.27. The molecule has 0 radical (unpaired) electrons. The molecule has 132 valence electrons. The Morgan fingerprint density at radius 3 is 2.44 bits per heavy atom. The van der Waals surface area contributed by atoms with Crippen LogP contribution in [0.2, 0.25) is 0 Å². The third kappa shape index (κ3) is 3.29. The van der Waals surface area contributed by atoms with Crippen LogP contribution < -0.4 is 5.32 Å². The molecule has 8 nitrogen and oxygen atoms in total. The Morgan fingerprint density at radius 2 is 1.80 bits per heavy atom. The number of sulfonamides is 1. The third-order valence-electron chi connectivity index (χ3n) is 4.34. The molecule has 2 aromatic rings. The molecule has 1 aromatic carbocycles. The van der Waals surface area contributed by atoms with Crippen LogP contribution in [0.1, 0.15) is 36.4 Å². The summed E-state index contributed by atoms with van der Waals surface area (Å²) < 4.78 is 31.9. The topological polar surface area (TPSA) is 105 Å². The van der Waals surface area contributed by atoms with E-state index in [1.807, 2.05) is 0 Å². The van der Waals surface area contributed by atoms with Crippen molar-refractivity contribution in [2.24, 2.45) is 0 Å². The summed E-state index contributed by atoms with van der Waals surface area (Å²) in [6.45, 7) is 1.13. The van der Waals surface area contributed by atoms with Gasteiger partial charge in [-0.2, -0.15) is 4.31 Å². The quantitative estimate of drug-likeness (QED) is 0.862. The van der Waals surface area contributed by atoms with E-state index < -0.39 is 10.0 Å². The molecule has 2 fully saturated rings. The van der Waals surface area contributed by atoms with Gasteiger partial charge in [0, 0.05) is 24.7 Å². The van der Waals surface area contributed by atoms with Crippen molar-refractivity contribution in [1.82, 2.24) is 19.8 Å². The Bertz CT molecular complexity index is 881. The number of nitrogens with one attached hydrogen (secondary N) is 1. The lowest BCUT2D eigenvalue weighted by atomic mass is 10.2. The number of aromatic nitrogens is 2. The molecule has 4 rings (SSSR count). The first kappa shape index (κ1) is 16.2. The van der Waals surface area contributed by atoms with Crippen molar-refractivity contribution >= 4 is 15.9 Å². The average Bonchev–Trinajstić information content (AvgIpc) is 3.10. The lowest BCUT2D eigenvalue weighted by Gasteiger charge is -2.15. The van der Waals surface area contributed by atoms with Crippen LogP contribution in [0.4, 0.5) is 0 Å². The predicted octanol–water partition coefficient (Wildman–Crippen LogP) is 1.41. The molecule has 1 aliphatic carbocycles. The van der Waals surface area contributed by atoms with Gasteiger partial charge in [0.1, 0.15) is 0 Å². The Kier molecular flexibility index (Phi) is 4.04. The van der Waals surface area contributed by atoms with Crippen molar-refractivity contribution in [2.75, 3.05) is 13.1 Å². The smallest absolute Gasteiger partial charge is 0.309 e. The molecule has 0 spiro atoms. The first-order valence-corrected chi connectivity index (χ1v) is 9.73. The van der Waals surface area contributed by atoms with E-state index in [1.165, 1.54) is 16.4 Å². The number of benzene rings is 1. The SMILES string of the molecule is O=C(NC1CC1)c1nnc(-c2ccc(S(=O)(=O)N3CCCC3)cc2)o1. The fourth-order valence-corrected chi connectivity index (χ4v) is 4.27. The van der Waals surface area contributed by atoms with Crippen LogP contribution in [0.5, 0.6) is 0 Å². The van der Waals surface area contributed by atoms with Gasteiger partial charge in [-0.05, 0) is 49.9 Å². The zero-order chi connectivity index (χ0) is 17.4. The second-order valence-electron chi connectivity index (χ2n) is 6.30. The number of carbonyl (C=O) groups is 1. The first-order chi connectivity index (χ1) is 12.0. The summed E-state index contributed by atoms with van der Waals surface area (Å²) in [6, 6.07) is 6.48. The van der Waals surface area contributed by atoms with E-state index >= 15 is 0 Å². The standard InChI is InChI=1S/C16H18N4O4S/c21-14(17-12-5-6-12)16-19-18-15(24-16)11-3-7-13(8-4-11)25(22,23)20-9-1-2-10-20/h3-4,7-8,12H,1-2,5-6,9-10H2,(H,17,21). The van der Waals surface area contributed by atoms with Crippen molar-refractivity contribution < 1.29 is 17.6 Å². The second kappa shape index (κ2) is 6.23. The summed E-state index contributed by atoms with van der Waals surface area (Å²) in [5.74, 6) is -0.281. The number of hydrogen-bond acceptors (Lipinski definition) is 6. The highest BCUT2D eigenvalue weighted by Crippen LogP contribution is 2.25. The van der Waals surface area contributed by atoms with Crippen LogP contribution in [-0.4, -0.2) is 48.0 Å². The second-order valence-corrected chi connectivity index (χ2v) is 8.23. The fourth-order valence-electron chi connectivity index (χ4n) is 2.75. The predicted molar refractivity (Wildman–Crippen MR) is 88.2 cm³/mol. The molecular weight excluding hydrogens is 344 g/mol. The van der Waals surface area contributed by atoms with Crippen LogP contribution in [0.25, 0.3) is 11.5 Å². The largest absolute Gasteiger partial charge is 0.412 e. The number of amides is 1. The highest BCUT2D eigenvalue weighted by molar-refractivity contribution is 7.89. The van der Waals surface area contributed by atoms with Gasteiger partial charge >= 0.3 is 11.8 Å². The molecule has 1 aliphatic heterocycles. The number of hydrogen-bond donors (Lipinski definition) is 1. The normalized spacial score (nSPS) is 18.4. The van der Waals surface area contributed by atoms with Crippen LogP contribution in [0.3, 0.4) is 0 Å². The number of rotatable bonds is 5. The van der Waals surface area contributed by atoms with Gasteiger partial charge in [0.2, 0.25) is 15.9 Å². The van der Waals surface area contributed by atoms with Gasteiger partial charge in [-0.25, -0.2) is 8.42 Å². The Balaban J connectivity index is 1.52. The minimum absolute atomic E-state index is 0.0873. The maximum atomic E-state index is 12.5. The molecule has 1 saturated carbocycles. The molecule has 2 aliphatic rings. The summed E-state index contributed by atoms with van der Waals surface area (Å²) in [4.78, 5) is 12.1. The minimum Gasteiger partial charge on any atom is -0.412 e. The number of carbonyl (C=O) groups excluding carboxylic acids is 1. The van der Waals surface area contributed by atoms with Crippen molar-refractivity contribution in [3.63, 3.8) is 0 Å². The summed E-state index contributed by atoms with van der Waals surface area (Å²) in [6.07, 6.45) is 3.73. The zero-order valence-corrected chi connectivity index (χ0v) is 14.3.